The van der Waals surface area contributed by atoms with Gasteiger partial charge in [-0.3, -0.25) is 0 Å². The molecule has 0 atom stereocenters. The summed E-state index contributed by atoms with van der Waals surface area (Å²) in [6, 6.07) is 10.9. The predicted octanol–water partition coefficient (Wildman–Crippen LogP) is 4.30. The number of methoxy groups -OCH3 is 2. The zero-order chi connectivity index (χ0) is 18.2. The van der Waals surface area contributed by atoms with Crippen molar-refractivity contribution >= 4 is 47.2 Å². The topological polar surface area (TPSA) is 78.1 Å². The molecule has 0 unspecified atom stereocenters. The third-order valence-corrected chi connectivity index (χ3v) is 3.64. The zero-order valence-corrected chi connectivity index (χ0v) is 18.0. The number of nitrogens with two attached hydrogens (primary N) is 1. The van der Waals surface area contributed by atoms with Crippen molar-refractivity contribution in [3.8, 4) is 17.2 Å². The molecule has 0 bridgehead atoms. The molecule has 0 heterocycles. The zero-order valence-electron chi connectivity index (χ0n) is 14.9. The molecule has 142 valence electrons. The maximum Gasteiger partial charge on any atom is 0.193 e. The van der Waals surface area contributed by atoms with Gasteiger partial charge < -0.3 is 25.3 Å². The summed E-state index contributed by atoms with van der Waals surface area (Å²) in [4.78, 5) is 4.35. The SMILES string of the molecule is CCOc1cc(Cl)ccc1CN=C(N)Nc1ccc(OC)c(OC)c1.I. The molecule has 8 heteroatoms. The van der Waals surface area contributed by atoms with Gasteiger partial charge in [0.25, 0.3) is 0 Å². The second-order valence-electron chi connectivity index (χ2n) is 5.08. The maximum absolute atomic E-state index is 6.00. The number of benzene rings is 2. The van der Waals surface area contributed by atoms with Crippen LogP contribution in [0.5, 0.6) is 17.2 Å². The van der Waals surface area contributed by atoms with Crippen LogP contribution in [0.15, 0.2) is 41.4 Å². The Morgan fingerprint density at radius 3 is 2.46 bits per heavy atom. The number of nitrogens with one attached hydrogen (secondary N) is 1. The van der Waals surface area contributed by atoms with E-state index in [0.29, 0.717) is 35.4 Å². The Hall–Kier alpha value is -1.87. The van der Waals surface area contributed by atoms with Crippen LogP contribution in [0.25, 0.3) is 0 Å². The number of anilines is 1. The molecule has 0 amide bonds. The van der Waals surface area contributed by atoms with Crippen LogP contribution in [0.3, 0.4) is 0 Å². The van der Waals surface area contributed by atoms with Crippen molar-refractivity contribution in [2.45, 2.75) is 13.5 Å². The van der Waals surface area contributed by atoms with Crippen molar-refractivity contribution in [1.29, 1.82) is 0 Å². The minimum atomic E-state index is 0. The Morgan fingerprint density at radius 1 is 1.08 bits per heavy atom. The summed E-state index contributed by atoms with van der Waals surface area (Å²) in [7, 11) is 3.16. The van der Waals surface area contributed by atoms with Gasteiger partial charge in [-0.25, -0.2) is 4.99 Å². The summed E-state index contributed by atoms with van der Waals surface area (Å²) >= 11 is 6.00. The first-order valence-electron chi connectivity index (χ1n) is 7.77. The van der Waals surface area contributed by atoms with Crippen molar-refractivity contribution in [3.63, 3.8) is 0 Å². The van der Waals surface area contributed by atoms with Crippen LogP contribution in [-0.4, -0.2) is 26.8 Å². The molecule has 0 saturated heterocycles. The van der Waals surface area contributed by atoms with E-state index in [1.165, 1.54) is 0 Å². The maximum atomic E-state index is 6.00. The fourth-order valence-corrected chi connectivity index (χ4v) is 2.38. The Balaban J connectivity index is 0.00000338. The highest BCUT2D eigenvalue weighted by molar-refractivity contribution is 14.0. The lowest BCUT2D eigenvalue weighted by molar-refractivity contribution is 0.336. The van der Waals surface area contributed by atoms with E-state index < -0.39 is 0 Å². The normalized spacial score (nSPS) is 10.7. The molecule has 3 N–H and O–H groups in total. The van der Waals surface area contributed by atoms with E-state index in [9.17, 15) is 0 Å². The number of rotatable bonds is 7. The molecule has 2 aromatic carbocycles. The molecular weight excluding hydrogens is 469 g/mol. The second kappa shape index (κ2) is 11.0. The Kier molecular flexibility index (Phi) is 9.36. The smallest absolute Gasteiger partial charge is 0.193 e. The molecule has 0 radical (unpaired) electrons. The Labute approximate surface area is 175 Å². The van der Waals surface area contributed by atoms with Crippen LogP contribution in [0.2, 0.25) is 5.02 Å². The van der Waals surface area contributed by atoms with Crippen LogP contribution in [0, 0.1) is 0 Å². The van der Waals surface area contributed by atoms with E-state index >= 15 is 0 Å². The summed E-state index contributed by atoms with van der Waals surface area (Å²) < 4.78 is 16.1. The number of nitrogens with zero attached hydrogens (tertiary/aromatic N) is 1. The number of halogens is 2. The summed E-state index contributed by atoms with van der Waals surface area (Å²) in [5, 5.41) is 3.64. The predicted molar refractivity (Wildman–Crippen MR) is 117 cm³/mol. The van der Waals surface area contributed by atoms with E-state index in [1.807, 2.05) is 19.1 Å². The first-order valence-corrected chi connectivity index (χ1v) is 8.15. The highest BCUT2D eigenvalue weighted by Gasteiger charge is 2.07. The average molecular weight is 492 g/mol. The summed E-state index contributed by atoms with van der Waals surface area (Å²) in [6.45, 7) is 2.84. The number of ether oxygens (including phenoxy) is 3. The molecule has 0 aromatic heterocycles. The number of hydrogen-bond donors (Lipinski definition) is 2. The van der Waals surface area contributed by atoms with E-state index in [4.69, 9.17) is 31.5 Å². The fraction of sp³-hybridized carbons (Fsp3) is 0.278. The first-order chi connectivity index (χ1) is 12.1. The molecule has 0 saturated carbocycles. The number of aliphatic imine (C=N–C) groups is 1. The largest absolute Gasteiger partial charge is 0.493 e. The molecule has 0 fully saturated rings. The van der Waals surface area contributed by atoms with Crippen molar-refractivity contribution in [2.24, 2.45) is 10.7 Å². The van der Waals surface area contributed by atoms with Gasteiger partial charge in [0.05, 0.1) is 27.4 Å². The van der Waals surface area contributed by atoms with Crippen molar-refractivity contribution < 1.29 is 14.2 Å². The van der Waals surface area contributed by atoms with Gasteiger partial charge in [0.1, 0.15) is 5.75 Å². The monoisotopic (exact) mass is 491 g/mol. The van der Waals surface area contributed by atoms with Crippen LogP contribution in [0.4, 0.5) is 5.69 Å². The van der Waals surface area contributed by atoms with Gasteiger partial charge >= 0.3 is 0 Å². The van der Waals surface area contributed by atoms with E-state index in [2.05, 4.69) is 10.3 Å². The third kappa shape index (κ3) is 6.14. The minimum Gasteiger partial charge on any atom is -0.493 e. The lowest BCUT2D eigenvalue weighted by Crippen LogP contribution is -2.22. The van der Waals surface area contributed by atoms with Crippen LogP contribution in [0.1, 0.15) is 12.5 Å². The number of hydrogen-bond acceptors (Lipinski definition) is 4. The van der Waals surface area contributed by atoms with Crippen molar-refractivity contribution in [2.75, 3.05) is 26.1 Å². The van der Waals surface area contributed by atoms with Gasteiger partial charge in [-0.05, 0) is 31.2 Å². The van der Waals surface area contributed by atoms with E-state index in [1.54, 1.807) is 38.5 Å². The fourth-order valence-electron chi connectivity index (χ4n) is 2.22. The van der Waals surface area contributed by atoms with Crippen LogP contribution < -0.4 is 25.3 Å². The highest BCUT2D eigenvalue weighted by atomic mass is 127. The Morgan fingerprint density at radius 2 is 1.81 bits per heavy atom. The average Bonchev–Trinajstić information content (AvgIpc) is 2.61. The van der Waals surface area contributed by atoms with E-state index in [-0.39, 0.29) is 29.9 Å². The molecule has 0 aliphatic heterocycles. The first kappa shape index (κ1) is 22.2. The van der Waals surface area contributed by atoms with Crippen molar-refractivity contribution in [1.82, 2.24) is 0 Å². The second-order valence-corrected chi connectivity index (χ2v) is 5.52. The molecule has 2 rings (SSSR count). The summed E-state index contributed by atoms with van der Waals surface area (Å²) in [6.07, 6.45) is 0. The molecular formula is C18H23ClIN3O3. The lowest BCUT2D eigenvalue weighted by atomic mass is 10.2. The Bertz CT molecular complexity index is 756. The molecule has 0 aliphatic rings. The van der Waals surface area contributed by atoms with Gasteiger partial charge in [0.2, 0.25) is 0 Å². The van der Waals surface area contributed by atoms with Gasteiger partial charge in [-0.15, -0.1) is 24.0 Å². The molecule has 6 nitrogen and oxygen atoms in total. The summed E-state index contributed by atoms with van der Waals surface area (Å²) in [5.41, 5.74) is 7.63. The quantitative estimate of drug-likeness (QED) is 0.343. The number of guanidine groups is 1. The third-order valence-electron chi connectivity index (χ3n) is 3.40. The molecule has 0 spiro atoms. The molecule has 0 aliphatic carbocycles. The highest BCUT2D eigenvalue weighted by Crippen LogP contribution is 2.29. The molecule has 2 aromatic rings. The van der Waals surface area contributed by atoms with Gasteiger partial charge in [-0.2, -0.15) is 0 Å². The van der Waals surface area contributed by atoms with Gasteiger partial charge in [0, 0.05) is 22.3 Å². The van der Waals surface area contributed by atoms with Gasteiger partial charge in [-0.1, -0.05) is 17.7 Å². The minimum absolute atomic E-state index is 0. The van der Waals surface area contributed by atoms with Crippen LogP contribution in [-0.2, 0) is 6.54 Å². The van der Waals surface area contributed by atoms with Crippen LogP contribution >= 0.6 is 35.6 Å². The molecule has 26 heavy (non-hydrogen) atoms. The summed E-state index contributed by atoms with van der Waals surface area (Å²) in [5.74, 6) is 2.24. The van der Waals surface area contributed by atoms with Gasteiger partial charge in [0.15, 0.2) is 17.5 Å². The van der Waals surface area contributed by atoms with Crippen molar-refractivity contribution in [3.05, 3.63) is 47.0 Å². The lowest BCUT2D eigenvalue weighted by Gasteiger charge is -2.12. The van der Waals surface area contributed by atoms with E-state index in [0.717, 1.165) is 11.3 Å². The standard InChI is InChI=1S/C18H22ClN3O3.HI/c1-4-25-16-9-13(19)6-5-12(16)11-21-18(20)22-14-7-8-15(23-2)17(10-14)24-3;/h5-10H,4,11H2,1-3H3,(H3,20,21,22);1H.